The minimum atomic E-state index is -4.78. The summed E-state index contributed by atoms with van der Waals surface area (Å²) in [7, 11) is 0. The molecule has 3 aromatic rings. The number of rotatable bonds is 4. The van der Waals surface area contributed by atoms with Crippen molar-refractivity contribution in [2.45, 2.75) is 59.1 Å². The molecule has 0 saturated carbocycles. The van der Waals surface area contributed by atoms with Gasteiger partial charge in [-0.15, -0.1) is 0 Å². The number of hydrogen-bond acceptors (Lipinski definition) is 6. The topological polar surface area (TPSA) is 97.4 Å². The molecule has 0 spiro atoms. The fraction of sp³-hybridized carbons (Fsp3) is 0.440. The van der Waals surface area contributed by atoms with Gasteiger partial charge in [0.2, 0.25) is 0 Å². The van der Waals surface area contributed by atoms with E-state index in [1.54, 1.807) is 17.0 Å². The third-order valence-corrected chi connectivity index (χ3v) is 6.07. The Balaban J connectivity index is 1.63. The Bertz CT molecular complexity index is 1340. The Hall–Kier alpha value is -3.47. The number of morpholine rings is 1. The molecule has 8 nitrogen and oxygen atoms in total. The second-order valence-corrected chi connectivity index (χ2v) is 9.10. The SMILES string of the molecule is Cc1nc2nc(C(F)(F)F)c(C(C)Oc3ccc(C(=O)N4C[C@@H](C)O[C@@H](C)C4)cc3)c(C)c2c(=O)[nH]1. The number of nitrogens with zero attached hydrogens (tertiary/aromatic N) is 3. The van der Waals surface area contributed by atoms with Crippen molar-refractivity contribution < 1.29 is 27.4 Å². The Morgan fingerprint density at radius 2 is 1.75 bits per heavy atom. The van der Waals surface area contributed by atoms with Crippen LogP contribution < -0.4 is 10.3 Å². The molecule has 0 bridgehead atoms. The van der Waals surface area contributed by atoms with E-state index in [1.807, 2.05) is 13.8 Å². The van der Waals surface area contributed by atoms with E-state index in [4.69, 9.17) is 9.47 Å². The molecule has 0 radical (unpaired) electrons. The minimum Gasteiger partial charge on any atom is -0.486 e. The van der Waals surface area contributed by atoms with Gasteiger partial charge in [0.25, 0.3) is 11.5 Å². The van der Waals surface area contributed by atoms with Crippen molar-refractivity contribution >= 4 is 16.9 Å². The molecule has 1 aromatic carbocycles. The van der Waals surface area contributed by atoms with Crippen LogP contribution in [0.3, 0.4) is 0 Å². The molecule has 4 rings (SSSR count). The summed E-state index contributed by atoms with van der Waals surface area (Å²) < 4.78 is 53.3. The van der Waals surface area contributed by atoms with Crippen LogP contribution in [0.1, 0.15) is 59.9 Å². The highest BCUT2D eigenvalue weighted by atomic mass is 19.4. The molecule has 1 N–H and O–H groups in total. The Kier molecular flexibility index (Phi) is 6.78. The lowest BCUT2D eigenvalue weighted by atomic mass is 9.99. The van der Waals surface area contributed by atoms with Crippen molar-refractivity contribution in [1.82, 2.24) is 19.9 Å². The standard InChI is InChI=1S/C25H27F3N4O4/c1-12-10-32(11-13(2)35-12)24(34)17-6-8-18(9-7-17)36-15(4)19-14(3)20-22(29-16(5)30-23(20)33)31-21(19)25(26,27)28/h6-9,12-13,15H,10-11H2,1-5H3,(H,29,30,31,33)/t12-,13+,15?. The molecule has 3 atom stereocenters. The van der Waals surface area contributed by atoms with E-state index in [0.717, 1.165) is 0 Å². The van der Waals surface area contributed by atoms with Crippen molar-refractivity contribution in [3.63, 3.8) is 0 Å². The van der Waals surface area contributed by atoms with Crippen molar-refractivity contribution in [1.29, 1.82) is 0 Å². The molecule has 1 aliphatic heterocycles. The summed E-state index contributed by atoms with van der Waals surface area (Å²) in [5, 5.41) is -0.0195. The number of amides is 1. The maximum Gasteiger partial charge on any atom is 0.433 e. The molecule has 3 heterocycles. The first-order valence-corrected chi connectivity index (χ1v) is 11.5. The first kappa shape index (κ1) is 25.6. The van der Waals surface area contributed by atoms with Crippen LogP contribution in [0.2, 0.25) is 0 Å². The van der Waals surface area contributed by atoms with Gasteiger partial charge in [0.15, 0.2) is 11.3 Å². The molecule has 1 amide bonds. The van der Waals surface area contributed by atoms with E-state index in [2.05, 4.69) is 15.0 Å². The number of benzene rings is 1. The number of fused-ring (bicyclic) bond motifs is 1. The van der Waals surface area contributed by atoms with Crippen molar-refractivity contribution in [2.24, 2.45) is 0 Å². The average molecular weight is 505 g/mol. The quantitative estimate of drug-likeness (QED) is 0.568. The Labute approximate surface area is 205 Å². The zero-order valence-corrected chi connectivity index (χ0v) is 20.6. The van der Waals surface area contributed by atoms with Crippen LogP contribution in [-0.4, -0.2) is 51.1 Å². The fourth-order valence-electron chi connectivity index (χ4n) is 4.65. The summed E-state index contributed by atoms with van der Waals surface area (Å²) in [6, 6.07) is 6.21. The lowest BCUT2D eigenvalue weighted by Crippen LogP contribution is -2.48. The minimum absolute atomic E-state index is 0.0195. The van der Waals surface area contributed by atoms with Gasteiger partial charge in [-0.2, -0.15) is 13.2 Å². The third-order valence-electron chi connectivity index (χ3n) is 6.07. The Morgan fingerprint density at radius 3 is 2.33 bits per heavy atom. The molecule has 1 fully saturated rings. The lowest BCUT2D eigenvalue weighted by Gasteiger charge is -2.35. The molecule has 1 saturated heterocycles. The van der Waals surface area contributed by atoms with E-state index in [1.165, 1.54) is 32.9 Å². The molecular weight excluding hydrogens is 477 g/mol. The first-order chi connectivity index (χ1) is 16.8. The smallest absolute Gasteiger partial charge is 0.433 e. The molecular formula is C25H27F3N4O4. The number of aromatic amines is 1. The predicted octanol–water partition coefficient (Wildman–Crippen LogP) is 4.34. The van der Waals surface area contributed by atoms with Gasteiger partial charge in [0.1, 0.15) is 17.7 Å². The van der Waals surface area contributed by atoms with Crippen LogP contribution in [0.5, 0.6) is 5.75 Å². The number of aryl methyl sites for hydroxylation is 2. The number of pyridine rings is 1. The van der Waals surface area contributed by atoms with Gasteiger partial charge in [-0.3, -0.25) is 9.59 Å². The normalized spacial score (nSPS) is 19.4. The molecule has 1 unspecified atom stereocenters. The van der Waals surface area contributed by atoms with E-state index in [-0.39, 0.29) is 51.8 Å². The van der Waals surface area contributed by atoms with Gasteiger partial charge in [-0.1, -0.05) is 0 Å². The second kappa shape index (κ2) is 9.53. The van der Waals surface area contributed by atoms with E-state index >= 15 is 0 Å². The summed E-state index contributed by atoms with van der Waals surface area (Å²) in [6.45, 7) is 9.10. The van der Waals surface area contributed by atoms with Gasteiger partial charge in [-0.05, 0) is 64.4 Å². The maximum absolute atomic E-state index is 13.9. The first-order valence-electron chi connectivity index (χ1n) is 11.5. The van der Waals surface area contributed by atoms with Gasteiger partial charge in [0.05, 0.1) is 17.6 Å². The lowest BCUT2D eigenvalue weighted by molar-refractivity contribution is -0.142. The second-order valence-electron chi connectivity index (χ2n) is 9.10. The highest BCUT2D eigenvalue weighted by molar-refractivity contribution is 5.94. The number of halogens is 3. The number of nitrogens with one attached hydrogen (secondary N) is 1. The van der Waals surface area contributed by atoms with Crippen LogP contribution in [0.25, 0.3) is 11.0 Å². The van der Waals surface area contributed by atoms with E-state index < -0.39 is 23.5 Å². The largest absolute Gasteiger partial charge is 0.486 e. The van der Waals surface area contributed by atoms with Crippen LogP contribution in [0, 0.1) is 13.8 Å². The summed E-state index contributed by atoms with van der Waals surface area (Å²) in [5.41, 5.74) is -1.71. The van der Waals surface area contributed by atoms with Crippen molar-refractivity contribution in [3.8, 4) is 5.75 Å². The van der Waals surface area contributed by atoms with Crippen molar-refractivity contribution in [2.75, 3.05) is 13.1 Å². The molecule has 192 valence electrons. The van der Waals surface area contributed by atoms with Gasteiger partial charge < -0.3 is 19.4 Å². The predicted molar refractivity (Wildman–Crippen MR) is 126 cm³/mol. The number of ether oxygens (including phenoxy) is 2. The third kappa shape index (κ3) is 5.06. The summed E-state index contributed by atoms with van der Waals surface area (Å²) in [6.07, 6.45) is -6.03. The zero-order valence-electron chi connectivity index (χ0n) is 20.6. The number of carbonyl (C=O) groups is 1. The summed E-state index contributed by atoms with van der Waals surface area (Å²) in [4.78, 5) is 37.3. The molecule has 0 aliphatic carbocycles. The number of hydrogen-bond donors (Lipinski definition) is 1. The number of carbonyl (C=O) groups excluding carboxylic acids is 1. The molecule has 1 aliphatic rings. The number of alkyl halides is 3. The van der Waals surface area contributed by atoms with Crippen LogP contribution in [-0.2, 0) is 10.9 Å². The van der Waals surface area contributed by atoms with Crippen LogP contribution >= 0.6 is 0 Å². The van der Waals surface area contributed by atoms with E-state index in [0.29, 0.717) is 18.7 Å². The van der Waals surface area contributed by atoms with Gasteiger partial charge in [0, 0.05) is 24.2 Å². The average Bonchev–Trinajstić information content (AvgIpc) is 2.77. The molecule has 2 aromatic heterocycles. The Morgan fingerprint density at radius 1 is 1.14 bits per heavy atom. The van der Waals surface area contributed by atoms with Gasteiger partial charge >= 0.3 is 6.18 Å². The maximum atomic E-state index is 13.9. The van der Waals surface area contributed by atoms with Gasteiger partial charge in [-0.25, -0.2) is 9.97 Å². The summed E-state index contributed by atoms with van der Waals surface area (Å²) >= 11 is 0. The van der Waals surface area contributed by atoms with E-state index in [9.17, 15) is 22.8 Å². The highest BCUT2D eigenvalue weighted by Crippen LogP contribution is 2.38. The summed E-state index contributed by atoms with van der Waals surface area (Å²) in [5.74, 6) is 0.277. The molecule has 36 heavy (non-hydrogen) atoms. The monoisotopic (exact) mass is 504 g/mol. The zero-order chi connectivity index (χ0) is 26.4. The van der Waals surface area contributed by atoms with Crippen LogP contribution in [0.4, 0.5) is 13.2 Å². The van der Waals surface area contributed by atoms with Crippen molar-refractivity contribution in [3.05, 3.63) is 62.8 Å². The highest BCUT2D eigenvalue weighted by Gasteiger charge is 2.39. The number of aromatic nitrogens is 3. The fourth-order valence-corrected chi connectivity index (χ4v) is 4.65. The molecule has 11 heteroatoms. The van der Waals surface area contributed by atoms with Crippen LogP contribution in [0.15, 0.2) is 29.1 Å². The number of H-pyrrole nitrogens is 1.